The molecular weight excluding hydrogens is 390 g/mol. The van der Waals surface area contributed by atoms with E-state index in [-0.39, 0.29) is 12.0 Å². The number of nitriles is 1. The van der Waals surface area contributed by atoms with E-state index >= 15 is 0 Å². The highest BCUT2D eigenvalue weighted by atomic mass is 35.5. The standard InChI is InChI=1S/C20H26ClN7O/c1-13-18(11-28(26-13)16-7-15(8-16)9-22)24-20-23-10-17(21)19(25-20)29-12-14-3-5-27(2)6-4-14/h10-11,14-16H,3-8,12H2,1-2H3,(H,23,24,25). The first-order valence-corrected chi connectivity index (χ1v) is 10.5. The van der Waals surface area contributed by atoms with Crippen LogP contribution in [0.25, 0.3) is 0 Å². The molecule has 1 aliphatic heterocycles. The van der Waals surface area contributed by atoms with Crippen molar-refractivity contribution in [2.24, 2.45) is 11.8 Å². The van der Waals surface area contributed by atoms with Crippen LogP contribution in [0.1, 0.15) is 37.4 Å². The highest BCUT2D eigenvalue weighted by molar-refractivity contribution is 6.31. The van der Waals surface area contributed by atoms with Crippen molar-refractivity contribution in [1.29, 1.82) is 5.26 Å². The smallest absolute Gasteiger partial charge is 0.237 e. The van der Waals surface area contributed by atoms with Gasteiger partial charge in [-0.3, -0.25) is 4.68 Å². The Bertz CT molecular complexity index is 895. The molecule has 2 aromatic heterocycles. The number of anilines is 2. The number of ether oxygens (including phenoxy) is 1. The quantitative estimate of drug-likeness (QED) is 0.770. The Balaban J connectivity index is 1.39. The summed E-state index contributed by atoms with van der Waals surface area (Å²) in [6.45, 7) is 4.74. The van der Waals surface area contributed by atoms with Gasteiger partial charge in [-0.05, 0) is 58.7 Å². The Kier molecular flexibility index (Phi) is 5.88. The summed E-state index contributed by atoms with van der Waals surface area (Å²) in [6, 6.07) is 2.59. The van der Waals surface area contributed by atoms with Gasteiger partial charge in [-0.15, -0.1) is 0 Å². The minimum Gasteiger partial charge on any atom is -0.476 e. The lowest BCUT2D eigenvalue weighted by Crippen LogP contribution is -2.32. The van der Waals surface area contributed by atoms with Crippen molar-refractivity contribution in [2.75, 3.05) is 32.1 Å². The van der Waals surface area contributed by atoms with E-state index in [0.29, 0.717) is 29.4 Å². The second-order valence-corrected chi connectivity index (χ2v) is 8.50. The largest absolute Gasteiger partial charge is 0.476 e. The summed E-state index contributed by atoms with van der Waals surface area (Å²) in [7, 11) is 2.15. The second kappa shape index (κ2) is 8.56. The van der Waals surface area contributed by atoms with Crippen LogP contribution in [0.3, 0.4) is 0 Å². The van der Waals surface area contributed by atoms with Gasteiger partial charge in [0.15, 0.2) is 0 Å². The molecule has 1 aliphatic carbocycles. The molecule has 1 saturated carbocycles. The summed E-state index contributed by atoms with van der Waals surface area (Å²) in [5.74, 6) is 1.50. The predicted octanol–water partition coefficient (Wildman–Crippen LogP) is 3.57. The van der Waals surface area contributed by atoms with E-state index in [2.05, 4.69) is 38.4 Å². The monoisotopic (exact) mass is 415 g/mol. The van der Waals surface area contributed by atoms with Crippen molar-refractivity contribution in [3.05, 3.63) is 23.1 Å². The summed E-state index contributed by atoms with van der Waals surface area (Å²) in [6.07, 6.45) is 7.45. The van der Waals surface area contributed by atoms with E-state index in [4.69, 9.17) is 21.6 Å². The van der Waals surface area contributed by atoms with Gasteiger partial charge in [0.1, 0.15) is 5.02 Å². The average molecular weight is 416 g/mol. The lowest BCUT2D eigenvalue weighted by Gasteiger charge is -2.30. The van der Waals surface area contributed by atoms with E-state index in [0.717, 1.165) is 50.2 Å². The van der Waals surface area contributed by atoms with Crippen LogP contribution in [-0.4, -0.2) is 51.4 Å². The topological polar surface area (TPSA) is 91.9 Å². The fraction of sp³-hybridized carbons (Fsp3) is 0.600. The molecule has 0 radical (unpaired) electrons. The van der Waals surface area contributed by atoms with Crippen LogP contribution >= 0.6 is 11.6 Å². The molecule has 0 amide bonds. The maximum atomic E-state index is 8.96. The molecule has 1 saturated heterocycles. The molecule has 0 bridgehead atoms. The molecule has 9 heteroatoms. The number of piperidine rings is 1. The van der Waals surface area contributed by atoms with E-state index in [1.54, 1.807) is 6.20 Å². The van der Waals surface area contributed by atoms with Gasteiger partial charge in [-0.25, -0.2) is 4.98 Å². The summed E-state index contributed by atoms with van der Waals surface area (Å²) >= 11 is 6.24. The summed E-state index contributed by atoms with van der Waals surface area (Å²) in [5, 5.41) is 17.2. The fourth-order valence-corrected chi connectivity index (χ4v) is 3.91. The van der Waals surface area contributed by atoms with Crippen molar-refractivity contribution >= 4 is 23.2 Å². The average Bonchev–Trinajstić information content (AvgIpc) is 3.02. The van der Waals surface area contributed by atoms with Crippen LogP contribution in [0.4, 0.5) is 11.6 Å². The number of hydrogen-bond donors (Lipinski definition) is 1. The number of nitrogens with zero attached hydrogens (tertiary/aromatic N) is 6. The third-order valence-electron chi connectivity index (χ3n) is 5.84. The Morgan fingerprint density at radius 1 is 1.34 bits per heavy atom. The molecule has 0 unspecified atom stereocenters. The van der Waals surface area contributed by atoms with Crippen molar-refractivity contribution in [2.45, 2.75) is 38.6 Å². The number of aryl methyl sites for hydroxylation is 1. The molecule has 4 rings (SSSR count). The van der Waals surface area contributed by atoms with Gasteiger partial charge in [0.2, 0.25) is 11.8 Å². The number of rotatable bonds is 6. The molecule has 8 nitrogen and oxygen atoms in total. The maximum absolute atomic E-state index is 8.96. The molecule has 2 aromatic rings. The van der Waals surface area contributed by atoms with Crippen LogP contribution in [0, 0.1) is 30.1 Å². The normalized spacial score (nSPS) is 22.7. The van der Waals surface area contributed by atoms with Gasteiger partial charge in [0, 0.05) is 6.20 Å². The second-order valence-electron chi connectivity index (χ2n) is 8.09. The number of aromatic nitrogens is 4. The van der Waals surface area contributed by atoms with E-state index in [1.807, 2.05) is 17.8 Å². The molecule has 1 N–H and O–H groups in total. The fourth-order valence-electron chi connectivity index (χ4n) is 3.76. The SMILES string of the molecule is Cc1nn(C2CC(C#N)C2)cc1Nc1ncc(Cl)c(OCC2CCN(C)CC2)n1. The van der Waals surface area contributed by atoms with Crippen LogP contribution < -0.4 is 10.1 Å². The number of nitrogens with one attached hydrogen (secondary N) is 1. The number of hydrogen-bond acceptors (Lipinski definition) is 7. The maximum Gasteiger partial charge on any atom is 0.237 e. The van der Waals surface area contributed by atoms with Gasteiger partial charge < -0.3 is 15.0 Å². The first-order chi connectivity index (χ1) is 14.0. The van der Waals surface area contributed by atoms with Gasteiger partial charge in [-0.1, -0.05) is 11.6 Å². The summed E-state index contributed by atoms with van der Waals surface area (Å²) in [4.78, 5) is 11.1. The van der Waals surface area contributed by atoms with E-state index in [1.165, 1.54) is 0 Å². The van der Waals surface area contributed by atoms with E-state index in [9.17, 15) is 0 Å². The highest BCUT2D eigenvalue weighted by Crippen LogP contribution is 2.37. The van der Waals surface area contributed by atoms with Crippen molar-refractivity contribution in [3.8, 4) is 11.9 Å². The zero-order valence-electron chi connectivity index (χ0n) is 16.8. The number of halogens is 1. The molecule has 0 spiro atoms. The molecule has 29 heavy (non-hydrogen) atoms. The Morgan fingerprint density at radius 2 is 2.10 bits per heavy atom. The Morgan fingerprint density at radius 3 is 2.83 bits per heavy atom. The molecule has 0 atom stereocenters. The zero-order chi connectivity index (χ0) is 20.4. The molecule has 0 aromatic carbocycles. The minimum atomic E-state index is 0.143. The first-order valence-electron chi connectivity index (χ1n) is 10.1. The van der Waals surface area contributed by atoms with Gasteiger partial charge in [0.25, 0.3) is 0 Å². The Hall–Kier alpha value is -2.37. The van der Waals surface area contributed by atoms with E-state index < -0.39 is 0 Å². The number of likely N-dealkylation sites (tertiary alicyclic amines) is 1. The zero-order valence-corrected chi connectivity index (χ0v) is 17.6. The lowest BCUT2D eigenvalue weighted by atomic mass is 9.81. The van der Waals surface area contributed by atoms with Gasteiger partial charge in [-0.2, -0.15) is 15.3 Å². The molecule has 2 aliphatic rings. The van der Waals surface area contributed by atoms with Crippen LogP contribution in [0.15, 0.2) is 12.4 Å². The van der Waals surface area contributed by atoms with Gasteiger partial charge in [0.05, 0.1) is 42.2 Å². The molecule has 2 fully saturated rings. The van der Waals surface area contributed by atoms with Crippen LogP contribution in [0.2, 0.25) is 5.02 Å². The molecule has 154 valence electrons. The lowest BCUT2D eigenvalue weighted by molar-refractivity contribution is 0.157. The third-order valence-corrected chi connectivity index (χ3v) is 6.10. The first kappa shape index (κ1) is 19.9. The van der Waals surface area contributed by atoms with Crippen LogP contribution in [0.5, 0.6) is 5.88 Å². The molecular formula is C20H26ClN7O. The highest BCUT2D eigenvalue weighted by Gasteiger charge is 2.31. The van der Waals surface area contributed by atoms with Crippen molar-refractivity contribution in [3.63, 3.8) is 0 Å². The summed E-state index contributed by atoms with van der Waals surface area (Å²) in [5.41, 5.74) is 1.70. The van der Waals surface area contributed by atoms with Crippen molar-refractivity contribution in [1.82, 2.24) is 24.6 Å². The van der Waals surface area contributed by atoms with Gasteiger partial charge >= 0.3 is 0 Å². The predicted molar refractivity (Wildman–Crippen MR) is 110 cm³/mol. The minimum absolute atomic E-state index is 0.143. The van der Waals surface area contributed by atoms with Crippen molar-refractivity contribution < 1.29 is 4.74 Å². The van der Waals surface area contributed by atoms with Crippen LogP contribution in [-0.2, 0) is 0 Å². The summed E-state index contributed by atoms with van der Waals surface area (Å²) < 4.78 is 7.85. The molecule has 3 heterocycles. The third kappa shape index (κ3) is 4.62. The Labute approximate surface area is 175 Å².